The lowest BCUT2D eigenvalue weighted by Gasteiger charge is -2.24. The summed E-state index contributed by atoms with van der Waals surface area (Å²) in [6.45, 7) is -0.536. The number of aromatic nitrogens is 4. The zero-order valence-electron chi connectivity index (χ0n) is 11.8. The van der Waals surface area contributed by atoms with Crippen LogP contribution in [-0.4, -0.2) is 71.0 Å². The van der Waals surface area contributed by atoms with E-state index in [0.29, 0.717) is 5.52 Å². The molecular formula is C12H16ClN5O5. The second-order valence-electron chi connectivity index (χ2n) is 5.29. The van der Waals surface area contributed by atoms with Gasteiger partial charge in [0.15, 0.2) is 10.8 Å². The van der Waals surface area contributed by atoms with Crippen LogP contribution in [0.5, 0.6) is 0 Å². The van der Waals surface area contributed by atoms with Crippen molar-refractivity contribution in [2.45, 2.75) is 37.1 Å². The summed E-state index contributed by atoms with van der Waals surface area (Å²) in [7, 11) is 0. The number of imidazole rings is 1. The third-order valence-electron chi connectivity index (χ3n) is 3.79. The van der Waals surface area contributed by atoms with Gasteiger partial charge in [-0.3, -0.25) is 4.57 Å². The molecule has 5 atom stereocenters. The number of aliphatic hydroxyl groups is 4. The summed E-state index contributed by atoms with van der Waals surface area (Å²) in [5.74, 6) is -0.0581. The van der Waals surface area contributed by atoms with E-state index in [9.17, 15) is 20.4 Å². The van der Waals surface area contributed by atoms with Gasteiger partial charge in [-0.2, -0.15) is 9.97 Å². The number of halogens is 1. The number of ether oxygens (including phenoxy) is 1. The third-order valence-corrected chi connectivity index (χ3v) is 4.05. The van der Waals surface area contributed by atoms with E-state index < -0.39 is 37.3 Å². The Labute approximate surface area is 135 Å². The largest absolute Gasteiger partial charge is 0.394 e. The van der Waals surface area contributed by atoms with E-state index in [1.54, 1.807) is 0 Å². The van der Waals surface area contributed by atoms with Crippen molar-refractivity contribution in [1.29, 1.82) is 0 Å². The van der Waals surface area contributed by atoms with E-state index in [-0.39, 0.29) is 23.2 Å². The number of fused-ring (bicyclic) bond motifs is 1. The summed E-state index contributed by atoms with van der Waals surface area (Å²) in [6.07, 6.45) is -4.75. The molecule has 0 saturated carbocycles. The third kappa shape index (κ3) is 2.84. The SMILES string of the molecule is Nc1nc(Cl)c2ncn([C@H]3C[C@@H](O)C(O)[C@H](O)C(CO)O3)c2n1. The molecule has 2 aromatic heterocycles. The minimum Gasteiger partial charge on any atom is -0.394 e. The predicted molar refractivity (Wildman–Crippen MR) is 78.4 cm³/mol. The molecular weight excluding hydrogens is 330 g/mol. The van der Waals surface area contributed by atoms with Crippen LogP contribution < -0.4 is 5.73 Å². The maximum Gasteiger partial charge on any atom is 0.223 e. The molecule has 1 saturated heterocycles. The maximum atomic E-state index is 10.0. The predicted octanol–water partition coefficient (Wildman–Crippen LogP) is -1.58. The molecule has 3 heterocycles. The van der Waals surface area contributed by atoms with Crippen molar-refractivity contribution < 1.29 is 25.2 Å². The first-order chi connectivity index (χ1) is 10.9. The quantitative estimate of drug-likeness (QED) is 0.405. The fourth-order valence-corrected chi connectivity index (χ4v) is 2.79. The van der Waals surface area contributed by atoms with E-state index in [4.69, 9.17) is 22.1 Å². The molecule has 23 heavy (non-hydrogen) atoms. The molecule has 1 aliphatic heterocycles. The molecule has 0 radical (unpaired) electrons. The number of nitrogens with zero attached hydrogens (tertiary/aromatic N) is 4. The normalized spacial score (nSPS) is 32.1. The zero-order chi connectivity index (χ0) is 16.7. The Morgan fingerprint density at radius 2 is 2.04 bits per heavy atom. The van der Waals surface area contributed by atoms with Gasteiger partial charge in [-0.05, 0) is 0 Å². The molecule has 0 aliphatic carbocycles. The summed E-state index contributed by atoms with van der Waals surface area (Å²) in [4.78, 5) is 11.9. The van der Waals surface area contributed by atoms with Crippen LogP contribution in [-0.2, 0) is 4.74 Å². The molecule has 0 amide bonds. The van der Waals surface area contributed by atoms with Gasteiger partial charge in [-0.25, -0.2) is 4.98 Å². The molecule has 1 aliphatic rings. The highest BCUT2D eigenvalue weighted by Gasteiger charge is 2.39. The van der Waals surface area contributed by atoms with Crippen LogP contribution in [0.3, 0.4) is 0 Å². The second kappa shape index (κ2) is 6.15. The Bertz CT molecular complexity index is 712. The molecule has 11 heteroatoms. The van der Waals surface area contributed by atoms with Gasteiger partial charge < -0.3 is 30.9 Å². The molecule has 6 N–H and O–H groups in total. The smallest absolute Gasteiger partial charge is 0.223 e. The first kappa shape index (κ1) is 16.3. The first-order valence-electron chi connectivity index (χ1n) is 6.88. The lowest BCUT2D eigenvalue weighted by Crippen LogP contribution is -2.44. The Balaban J connectivity index is 2.03. The van der Waals surface area contributed by atoms with E-state index in [0.717, 1.165) is 0 Å². The molecule has 1 fully saturated rings. The summed E-state index contributed by atoms with van der Waals surface area (Å²) >= 11 is 5.96. The number of hydrogen-bond acceptors (Lipinski definition) is 9. The van der Waals surface area contributed by atoms with E-state index >= 15 is 0 Å². The van der Waals surface area contributed by atoms with Crippen LogP contribution in [0, 0.1) is 0 Å². The van der Waals surface area contributed by atoms with Gasteiger partial charge in [0.25, 0.3) is 0 Å². The lowest BCUT2D eigenvalue weighted by atomic mass is 10.0. The Morgan fingerprint density at radius 1 is 1.30 bits per heavy atom. The van der Waals surface area contributed by atoms with Crippen LogP contribution in [0.2, 0.25) is 5.15 Å². The Kier molecular flexibility index (Phi) is 4.36. The molecule has 126 valence electrons. The number of nitrogens with two attached hydrogens (primary N) is 1. The number of nitrogen functional groups attached to an aromatic ring is 1. The minimum atomic E-state index is -1.45. The van der Waals surface area contributed by atoms with E-state index in [1.165, 1.54) is 10.9 Å². The average molecular weight is 346 g/mol. The van der Waals surface area contributed by atoms with Crippen LogP contribution in [0.4, 0.5) is 5.95 Å². The van der Waals surface area contributed by atoms with E-state index in [1.807, 2.05) is 0 Å². The number of aliphatic hydroxyl groups excluding tert-OH is 4. The number of rotatable bonds is 2. The molecule has 0 spiro atoms. The average Bonchev–Trinajstić information content (AvgIpc) is 2.89. The van der Waals surface area contributed by atoms with Crippen molar-refractivity contribution in [3.05, 3.63) is 11.5 Å². The Morgan fingerprint density at radius 3 is 2.74 bits per heavy atom. The highest BCUT2D eigenvalue weighted by molar-refractivity contribution is 6.33. The van der Waals surface area contributed by atoms with Gasteiger partial charge in [0, 0.05) is 6.42 Å². The van der Waals surface area contributed by atoms with E-state index in [2.05, 4.69) is 15.0 Å². The number of anilines is 1. The van der Waals surface area contributed by atoms with Crippen LogP contribution in [0.15, 0.2) is 6.33 Å². The summed E-state index contributed by atoms with van der Waals surface area (Å²) in [6, 6.07) is 0. The second-order valence-corrected chi connectivity index (χ2v) is 5.65. The van der Waals surface area contributed by atoms with Crippen molar-refractivity contribution >= 4 is 28.7 Å². The first-order valence-corrected chi connectivity index (χ1v) is 7.26. The fourth-order valence-electron chi connectivity index (χ4n) is 2.57. The molecule has 3 rings (SSSR count). The van der Waals surface area contributed by atoms with Gasteiger partial charge in [0.05, 0.1) is 19.0 Å². The summed E-state index contributed by atoms with van der Waals surface area (Å²) < 4.78 is 7.06. The van der Waals surface area contributed by atoms with Gasteiger partial charge >= 0.3 is 0 Å². The lowest BCUT2D eigenvalue weighted by molar-refractivity contribution is -0.130. The molecule has 0 bridgehead atoms. The Hall–Kier alpha value is -1.56. The minimum absolute atomic E-state index is 0.0539. The van der Waals surface area contributed by atoms with Gasteiger partial charge in [0.2, 0.25) is 5.95 Å². The highest BCUT2D eigenvalue weighted by atomic mass is 35.5. The van der Waals surface area contributed by atoms with Crippen LogP contribution in [0.1, 0.15) is 12.6 Å². The molecule has 2 unspecified atom stereocenters. The summed E-state index contributed by atoms with van der Waals surface area (Å²) in [5.41, 5.74) is 6.16. The van der Waals surface area contributed by atoms with Crippen molar-refractivity contribution in [2.75, 3.05) is 12.3 Å². The van der Waals surface area contributed by atoms with Crippen molar-refractivity contribution in [3.8, 4) is 0 Å². The fraction of sp³-hybridized carbons (Fsp3) is 0.583. The van der Waals surface area contributed by atoms with Crippen molar-refractivity contribution in [2.24, 2.45) is 0 Å². The molecule has 10 nitrogen and oxygen atoms in total. The van der Waals surface area contributed by atoms with Crippen molar-refractivity contribution in [1.82, 2.24) is 19.5 Å². The van der Waals surface area contributed by atoms with Gasteiger partial charge in [-0.15, -0.1) is 0 Å². The van der Waals surface area contributed by atoms with Crippen LogP contribution in [0.25, 0.3) is 11.2 Å². The summed E-state index contributed by atoms with van der Waals surface area (Å²) in [5, 5.41) is 39.2. The van der Waals surface area contributed by atoms with Crippen molar-refractivity contribution in [3.63, 3.8) is 0 Å². The number of hydrogen-bond donors (Lipinski definition) is 5. The molecule has 2 aromatic rings. The zero-order valence-corrected chi connectivity index (χ0v) is 12.6. The van der Waals surface area contributed by atoms with Gasteiger partial charge in [-0.1, -0.05) is 11.6 Å². The topological polar surface area (TPSA) is 160 Å². The monoisotopic (exact) mass is 345 g/mol. The van der Waals surface area contributed by atoms with Gasteiger partial charge in [0.1, 0.15) is 30.1 Å². The standard InChI is InChI=1S/C12H16ClN5O5/c13-10-7-11(17-12(14)16-10)18(3-15-7)6-1-4(20)8(21)9(22)5(2-19)23-6/h3-6,8-9,19-22H,1-2H2,(H2,14,16,17)/t4-,5?,6-,8?,9-/m1/s1. The van der Waals surface area contributed by atoms with Crippen LogP contribution >= 0.6 is 11.6 Å². The maximum absolute atomic E-state index is 10.0. The molecule has 0 aromatic carbocycles. The highest BCUT2D eigenvalue weighted by Crippen LogP contribution is 2.30.